The van der Waals surface area contributed by atoms with Crippen molar-refractivity contribution in [3.8, 4) is 0 Å². The summed E-state index contributed by atoms with van der Waals surface area (Å²) in [6, 6.07) is 1.14. The van der Waals surface area contributed by atoms with E-state index in [1.54, 1.807) is 0 Å². The predicted octanol–water partition coefficient (Wildman–Crippen LogP) is 1.96. The number of likely N-dealkylation sites (tertiary alicyclic amines) is 1. The normalized spacial score (nSPS) is 30.5. The van der Waals surface area contributed by atoms with E-state index >= 15 is 0 Å². The molecule has 2 aliphatic rings. The monoisotopic (exact) mass is 248 g/mol. The van der Waals surface area contributed by atoms with Crippen molar-refractivity contribution in [2.75, 3.05) is 26.7 Å². The minimum Gasteiger partial charge on any atom is -0.329 e. The van der Waals surface area contributed by atoms with Gasteiger partial charge in [0.1, 0.15) is 0 Å². The summed E-state index contributed by atoms with van der Waals surface area (Å²) in [4.78, 5) is 6.84. The minimum absolute atomic E-state index is 0.522. The van der Waals surface area contributed by atoms with Gasteiger partial charge < -0.3 is 14.8 Å². The molecule has 4 heteroatoms. The van der Waals surface area contributed by atoms with Crippen LogP contribution in [0, 0.1) is 0 Å². The van der Waals surface area contributed by atoms with Crippen LogP contribution in [0.5, 0.6) is 0 Å². The van der Waals surface area contributed by atoms with E-state index in [-0.39, 0.29) is 0 Å². The maximum atomic E-state index is 4.40. The second kappa shape index (κ2) is 5.41. The Labute approximate surface area is 109 Å². The molecule has 0 aromatic carbocycles. The summed E-state index contributed by atoms with van der Waals surface area (Å²) in [6.45, 7) is 3.55. The lowest BCUT2D eigenvalue weighted by Gasteiger charge is -2.33. The Morgan fingerprint density at radius 2 is 2.22 bits per heavy atom. The Morgan fingerprint density at radius 1 is 1.28 bits per heavy atom. The number of likely N-dealkylation sites (N-methyl/N-ethyl adjacent to an activating group) is 1. The molecule has 1 N–H and O–H groups in total. The topological polar surface area (TPSA) is 33.1 Å². The second-order valence-corrected chi connectivity index (χ2v) is 5.79. The lowest BCUT2D eigenvalue weighted by molar-refractivity contribution is 0.206. The van der Waals surface area contributed by atoms with Gasteiger partial charge in [0.25, 0.3) is 0 Å². The quantitative estimate of drug-likeness (QED) is 0.868. The van der Waals surface area contributed by atoms with Gasteiger partial charge in [-0.3, -0.25) is 0 Å². The Balaban J connectivity index is 1.77. The minimum atomic E-state index is 0.522. The number of nitrogens with one attached hydrogen (secondary N) is 1. The molecule has 2 atom stereocenters. The van der Waals surface area contributed by atoms with E-state index < -0.39 is 0 Å². The van der Waals surface area contributed by atoms with Gasteiger partial charge in [0.15, 0.2) is 0 Å². The Hall–Kier alpha value is -0.870. The molecular formula is C14H24N4. The number of hydrogen-bond donors (Lipinski definition) is 1. The molecule has 100 valence electrons. The van der Waals surface area contributed by atoms with Crippen molar-refractivity contribution in [3.63, 3.8) is 0 Å². The highest BCUT2D eigenvalue weighted by Crippen LogP contribution is 2.28. The fraction of sp³-hybridized carbons (Fsp3) is 0.786. The fourth-order valence-electron chi connectivity index (χ4n) is 3.36. The largest absolute Gasteiger partial charge is 0.329 e. The van der Waals surface area contributed by atoms with Crippen LogP contribution in [-0.2, 0) is 0 Å². The van der Waals surface area contributed by atoms with Crippen molar-refractivity contribution in [1.29, 1.82) is 0 Å². The molecule has 2 unspecified atom stereocenters. The molecule has 3 rings (SSSR count). The molecule has 0 spiro atoms. The highest BCUT2D eigenvalue weighted by atomic mass is 15.2. The van der Waals surface area contributed by atoms with E-state index in [4.69, 9.17) is 0 Å². The highest BCUT2D eigenvalue weighted by Gasteiger charge is 2.24. The van der Waals surface area contributed by atoms with Crippen molar-refractivity contribution < 1.29 is 0 Å². The third-order valence-electron chi connectivity index (χ3n) is 4.36. The third-order valence-corrected chi connectivity index (χ3v) is 4.36. The predicted molar refractivity (Wildman–Crippen MR) is 72.6 cm³/mol. The van der Waals surface area contributed by atoms with Gasteiger partial charge in [0.2, 0.25) is 0 Å². The zero-order chi connectivity index (χ0) is 12.4. The van der Waals surface area contributed by atoms with E-state index in [0.29, 0.717) is 12.1 Å². The molecule has 4 nitrogen and oxygen atoms in total. The summed E-state index contributed by atoms with van der Waals surface area (Å²) in [6.07, 6.45) is 10.6. The molecule has 0 aliphatic carbocycles. The summed E-state index contributed by atoms with van der Waals surface area (Å²) in [7, 11) is 2.22. The van der Waals surface area contributed by atoms with Gasteiger partial charge >= 0.3 is 0 Å². The van der Waals surface area contributed by atoms with Gasteiger partial charge in [-0.2, -0.15) is 0 Å². The molecule has 0 bridgehead atoms. The summed E-state index contributed by atoms with van der Waals surface area (Å²) >= 11 is 0. The first kappa shape index (κ1) is 12.2. The molecule has 1 aromatic rings. The van der Waals surface area contributed by atoms with Crippen LogP contribution in [0.2, 0.25) is 0 Å². The van der Waals surface area contributed by atoms with E-state index in [0.717, 1.165) is 13.1 Å². The van der Waals surface area contributed by atoms with Crippen LogP contribution in [0.3, 0.4) is 0 Å². The van der Waals surface area contributed by atoms with E-state index in [1.165, 1.54) is 44.3 Å². The molecule has 0 amide bonds. The zero-order valence-corrected chi connectivity index (χ0v) is 11.3. The highest BCUT2D eigenvalue weighted by molar-refractivity contribution is 5.08. The van der Waals surface area contributed by atoms with Crippen LogP contribution < -0.4 is 5.32 Å². The first-order valence-corrected chi connectivity index (χ1v) is 7.28. The van der Waals surface area contributed by atoms with Gasteiger partial charge in [-0.15, -0.1) is 0 Å². The zero-order valence-electron chi connectivity index (χ0n) is 11.3. The second-order valence-electron chi connectivity index (χ2n) is 5.79. The smallest absolute Gasteiger partial charge is 0.0951 e. The van der Waals surface area contributed by atoms with Crippen LogP contribution in [-0.4, -0.2) is 41.1 Å². The standard InChI is InChI=1S/C14H24N4/c1-17-8-4-5-12(10-17)18-11-15-9-14(18)13-6-2-3-7-16-13/h9,11-13,16H,2-8,10H2,1H3. The Morgan fingerprint density at radius 3 is 3.00 bits per heavy atom. The Kier molecular flexibility index (Phi) is 3.66. The van der Waals surface area contributed by atoms with Crippen LogP contribution in [0.4, 0.5) is 0 Å². The molecule has 1 aromatic heterocycles. The lowest BCUT2D eigenvalue weighted by Crippen LogP contribution is -2.35. The van der Waals surface area contributed by atoms with Crippen molar-refractivity contribution in [2.45, 2.75) is 44.2 Å². The van der Waals surface area contributed by atoms with Crippen molar-refractivity contribution >= 4 is 0 Å². The molecule has 0 radical (unpaired) electrons. The molecular weight excluding hydrogens is 224 g/mol. The van der Waals surface area contributed by atoms with Gasteiger partial charge in [0.05, 0.1) is 12.0 Å². The van der Waals surface area contributed by atoms with Gasteiger partial charge in [-0.05, 0) is 45.8 Å². The Bertz CT molecular complexity index is 381. The fourth-order valence-corrected chi connectivity index (χ4v) is 3.36. The average Bonchev–Trinajstić information content (AvgIpc) is 2.89. The van der Waals surface area contributed by atoms with Crippen LogP contribution in [0.25, 0.3) is 0 Å². The third kappa shape index (κ3) is 2.45. The molecule has 2 saturated heterocycles. The van der Waals surface area contributed by atoms with Crippen LogP contribution >= 0.6 is 0 Å². The van der Waals surface area contributed by atoms with Crippen molar-refractivity contribution in [2.24, 2.45) is 0 Å². The SMILES string of the molecule is CN1CCCC(n2cncc2C2CCCCN2)C1. The average molecular weight is 248 g/mol. The van der Waals surface area contributed by atoms with E-state index in [2.05, 4.69) is 33.0 Å². The van der Waals surface area contributed by atoms with Crippen molar-refractivity contribution in [1.82, 2.24) is 19.8 Å². The number of hydrogen-bond acceptors (Lipinski definition) is 3. The molecule has 18 heavy (non-hydrogen) atoms. The van der Waals surface area contributed by atoms with Crippen LogP contribution in [0.1, 0.15) is 49.9 Å². The first-order chi connectivity index (χ1) is 8.84. The molecule has 2 aliphatic heterocycles. The number of piperidine rings is 2. The maximum Gasteiger partial charge on any atom is 0.0951 e. The van der Waals surface area contributed by atoms with Crippen LogP contribution in [0.15, 0.2) is 12.5 Å². The van der Waals surface area contributed by atoms with E-state index in [1.807, 2.05) is 6.33 Å². The van der Waals surface area contributed by atoms with Gasteiger partial charge in [0, 0.05) is 24.8 Å². The lowest BCUT2D eigenvalue weighted by atomic mass is 10.0. The number of rotatable bonds is 2. The summed E-state index contributed by atoms with van der Waals surface area (Å²) in [5, 5.41) is 3.64. The van der Waals surface area contributed by atoms with E-state index in [9.17, 15) is 0 Å². The first-order valence-electron chi connectivity index (χ1n) is 7.28. The van der Waals surface area contributed by atoms with Crippen molar-refractivity contribution in [3.05, 3.63) is 18.2 Å². The summed E-state index contributed by atoms with van der Waals surface area (Å²) < 4.78 is 2.43. The molecule has 3 heterocycles. The number of nitrogens with zero attached hydrogens (tertiary/aromatic N) is 3. The molecule has 2 fully saturated rings. The molecule has 0 saturated carbocycles. The summed E-state index contributed by atoms with van der Waals surface area (Å²) in [5.74, 6) is 0. The number of imidazole rings is 1. The summed E-state index contributed by atoms with van der Waals surface area (Å²) in [5.41, 5.74) is 1.40. The van der Waals surface area contributed by atoms with Gasteiger partial charge in [-0.1, -0.05) is 6.42 Å². The van der Waals surface area contributed by atoms with Gasteiger partial charge in [-0.25, -0.2) is 4.98 Å². The maximum absolute atomic E-state index is 4.40. The number of aromatic nitrogens is 2.